The molecule has 2 amide bonds. The number of rotatable bonds is 5. The zero-order valence-electron chi connectivity index (χ0n) is 23.3. The van der Waals surface area contributed by atoms with Crippen molar-refractivity contribution in [1.82, 2.24) is 9.97 Å². The van der Waals surface area contributed by atoms with Crippen molar-refractivity contribution in [2.45, 2.75) is 32.5 Å². The van der Waals surface area contributed by atoms with Crippen molar-refractivity contribution in [1.29, 1.82) is 0 Å². The maximum Gasteiger partial charge on any atom is 0.573 e. The fourth-order valence-corrected chi connectivity index (χ4v) is 5.38. The number of benzene rings is 3. The summed E-state index contributed by atoms with van der Waals surface area (Å²) in [7, 11) is 0. The molecule has 12 heteroatoms. The van der Waals surface area contributed by atoms with Gasteiger partial charge in [0.05, 0.1) is 17.1 Å². The quantitative estimate of drug-likeness (QED) is 0.191. The molecule has 5 aromatic rings. The summed E-state index contributed by atoms with van der Waals surface area (Å²) in [4.78, 5) is 23.9. The number of halogens is 3. The number of phenols is 1. The second kappa shape index (κ2) is 10.2. The van der Waals surface area contributed by atoms with Crippen LogP contribution >= 0.6 is 0 Å². The number of para-hydroxylation sites is 2. The standard InChI is InChI=1S/C31H26F3N5O4/c1-17-14-15-35-28-25(17)38-27(42-28)20-12-13-23(40)26-24(20)30(2,3)16-39(26)22-7-5-4-6-21(22)37-29(41)36-18-8-10-19(11-9-18)43-31(32,33)34/h4-15,40H,16H2,1-3H3,(H2,36,37,41). The first-order valence-electron chi connectivity index (χ1n) is 13.3. The van der Waals surface area contributed by atoms with Gasteiger partial charge in [0.15, 0.2) is 0 Å². The number of alkyl halides is 3. The van der Waals surface area contributed by atoms with Crippen LogP contribution in [0, 0.1) is 6.92 Å². The SMILES string of the molecule is Cc1ccnc2oc(-c3ccc(O)c4c3C(C)(C)CN4c3ccccc3NC(=O)Nc3ccc(OC(F)(F)F)cc3)nc12. The summed E-state index contributed by atoms with van der Waals surface area (Å²) in [5.74, 6) is 0.0399. The molecule has 1 aliphatic rings. The van der Waals surface area contributed by atoms with Gasteiger partial charge in [-0.25, -0.2) is 14.8 Å². The number of fused-ring (bicyclic) bond motifs is 2. The van der Waals surface area contributed by atoms with E-state index in [1.54, 1.807) is 30.5 Å². The number of amides is 2. The van der Waals surface area contributed by atoms with Gasteiger partial charge in [-0.05, 0) is 72.6 Å². The number of carbonyl (C=O) groups is 1. The normalized spacial score (nSPS) is 14.0. The Balaban J connectivity index is 1.31. The molecular formula is C31H26F3N5O4. The van der Waals surface area contributed by atoms with E-state index in [1.165, 1.54) is 12.1 Å². The van der Waals surface area contributed by atoms with Crippen LogP contribution in [0.1, 0.15) is 25.0 Å². The van der Waals surface area contributed by atoms with E-state index >= 15 is 0 Å². The van der Waals surface area contributed by atoms with Crippen LogP contribution < -0.4 is 20.3 Å². The molecule has 1 aliphatic heterocycles. The van der Waals surface area contributed by atoms with Crippen molar-refractivity contribution < 1.29 is 32.2 Å². The molecule has 0 saturated heterocycles. The van der Waals surface area contributed by atoms with E-state index in [0.717, 1.165) is 28.8 Å². The third kappa shape index (κ3) is 5.39. The maximum atomic E-state index is 12.9. The van der Waals surface area contributed by atoms with E-state index in [1.807, 2.05) is 30.0 Å². The number of aromatic hydroxyl groups is 1. The van der Waals surface area contributed by atoms with Crippen LogP contribution in [-0.2, 0) is 5.41 Å². The highest BCUT2D eigenvalue weighted by Crippen LogP contribution is 2.53. The number of nitrogens with zero attached hydrogens (tertiary/aromatic N) is 3. The van der Waals surface area contributed by atoms with Crippen molar-refractivity contribution in [2.24, 2.45) is 0 Å². The molecule has 3 N–H and O–H groups in total. The van der Waals surface area contributed by atoms with Gasteiger partial charge in [0.2, 0.25) is 11.6 Å². The number of ether oxygens (including phenoxy) is 1. The Hall–Kier alpha value is -5.26. The van der Waals surface area contributed by atoms with Crippen LogP contribution in [0.5, 0.6) is 11.5 Å². The van der Waals surface area contributed by atoms with Gasteiger partial charge < -0.3 is 29.8 Å². The summed E-state index contributed by atoms with van der Waals surface area (Å²) < 4.78 is 47.3. The number of urea groups is 1. The molecule has 0 bridgehead atoms. The first kappa shape index (κ1) is 27.9. The van der Waals surface area contributed by atoms with Gasteiger partial charge in [-0.1, -0.05) is 26.0 Å². The van der Waals surface area contributed by atoms with E-state index in [-0.39, 0.29) is 11.4 Å². The zero-order valence-corrected chi connectivity index (χ0v) is 23.3. The first-order chi connectivity index (χ1) is 20.4. The number of carbonyl (C=O) groups excluding carboxylic acids is 1. The average Bonchev–Trinajstić information content (AvgIpc) is 3.50. The van der Waals surface area contributed by atoms with Gasteiger partial charge in [-0.15, -0.1) is 13.2 Å². The minimum Gasteiger partial charge on any atom is -0.506 e. The van der Waals surface area contributed by atoms with E-state index in [9.17, 15) is 23.1 Å². The van der Waals surface area contributed by atoms with E-state index in [0.29, 0.717) is 40.7 Å². The first-order valence-corrected chi connectivity index (χ1v) is 13.3. The number of phenolic OH excluding ortho intramolecular Hbond substituents is 1. The second-order valence-electron chi connectivity index (χ2n) is 10.8. The highest BCUT2D eigenvalue weighted by Gasteiger charge is 2.41. The van der Waals surface area contributed by atoms with Crippen molar-refractivity contribution >= 4 is 40.0 Å². The number of aryl methyl sites for hydroxylation is 1. The van der Waals surface area contributed by atoms with Crippen molar-refractivity contribution in [3.8, 4) is 23.0 Å². The van der Waals surface area contributed by atoms with Gasteiger partial charge in [0.1, 0.15) is 17.0 Å². The van der Waals surface area contributed by atoms with Gasteiger partial charge in [0, 0.05) is 29.4 Å². The Morgan fingerprint density at radius 2 is 1.79 bits per heavy atom. The monoisotopic (exact) mass is 589 g/mol. The van der Waals surface area contributed by atoms with E-state index < -0.39 is 23.6 Å². The van der Waals surface area contributed by atoms with Gasteiger partial charge in [0.25, 0.3) is 0 Å². The molecule has 2 aromatic heterocycles. The fraction of sp³-hybridized carbons (Fsp3) is 0.194. The largest absolute Gasteiger partial charge is 0.573 e. The molecule has 0 fully saturated rings. The van der Waals surface area contributed by atoms with Crippen LogP contribution in [0.25, 0.3) is 22.7 Å². The number of oxazole rings is 1. The second-order valence-corrected chi connectivity index (χ2v) is 10.8. The van der Waals surface area contributed by atoms with Crippen molar-refractivity contribution in [3.05, 3.63) is 84.1 Å². The fourth-order valence-electron chi connectivity index (χ4n) is 5.38. The Labute approximate surface area is 243 Å². The van der Waals surface area contributed by atoms with Crippen molar-refractivity contribution in [2.75, 3.05) is 22.1 Å². The lowest BCUT2D eigenvalue weighted by atomic mass is 9.83. The lowest BCUT2D eigenvalue weighted by Gasteiger charge is -2.25. The highest BCUT2D eigenvalue weighted by molar-refractivity contribution is 6.03. The zero-order chi connectivity index (χ0) is 30.5. The van der Waals surface area contributed by atoms with Crippen LogP contribution in [0.15, 0.2) is 77.3 Å². The predicted molar refractivity (Wildman–Crippen MR) is 156 cm³/mol. The van der Waals surface area contributed by atoms with E-state index in [4.69, 9.17) is 9.40 Å². The number of nitrogens with one attached hydrogen (secondary N) is 2. The summed E-state index contributed by atoms with van der Waals surface area (Å²) in [6, 6.07) is 16.6. The Morgan fingerprint density at radius 3 is 2.51 bits per heavy atom. The molecule has 0 radical (unpaired) electrons. The molecule has 43 heavy (non-hydrogen) atoms. The molecule has 0 aliphatic carbocycles. The Kier molecular flexibility index (Phi) is 6.63. The minimum atomic E-state index is -4.81. The minimum absolute atomic E-state index is 0.0511. The summed E-state index contributed by atoms with van der Waals surface area (Å²) in [5, 5.41) is 16.6. The molecule has 9 nitrogen and oxygen atoms in total. The van der Waals surface area contributed by atoms with Crippen LogP contribution in [-0.4, -0.2) is 34.0 Å². The molecule has 0 atom stereocenters. The predicted octanol–water partition coefficient (Wildman–Crippen LogP) is 7.88. The molecule has 3 heterocycles. The van der Waals surface area contributed by atoms with Gasteiger partial charge >= 0.3 is 12.4 Å². The number of aromatic nitrogens is 2. The summed E-state index contributed by atoms with van der Waals surface area (Å²) >= 11 is 0. The lowest BCUT2D eigenvalue weighted by Crippen LogP contribution is -2.27. The molecule has 220 valence electrons. The summed E-state index contributed by atoms with van der Waals surface area (Å²) in [6.45, 7) is 6.50. The molecule has 6 rings (SSSR count). The maximum absolute atomic E-state index is 12.9. The number of hydrogen-bond donors (Lipinski definition) is 3. The van der Waals surface area contributed by atoms with Crippen LogP contribution in [0.2, 0.25) is 0 Å². The molecular weight excluding hydrogens is 563 g/mol. The highest BCUT2D eigenvalue weighted by atomic mass is 19.4. The molecule has 0 unspecified atom stereocenters. The number of hydrogen-bond acceptors (Lipinski definition) is 7. The average molecular weight is 590 g/mol. The van der Waals surface area contributed by atoms with Crippen LogP contribution in [0.3, 0.4) is 0 Å². The third-order valence-electron chi connectivity index (χ3n) is 7.18. The van der Waals surface area contributed by atoms with Gasteiger partial charge in [-0.3, -0.25) is 0 Å². The van der Waals surface area contributed by atoms with Crippen molar-refractivity contribution in [3.63, 3.8) is 0 Å². The van der Waals surface area contributed by atoms with Gasteiger partial charge in [-0.2, -0.15) is 0 Å². The Bertz CT molecular complexity index is 1850. The molecule has 0 saturated carbocycles. The van der Waals surface area contributed by atoms with E-state index in [2.05, 4.69) is 34.2 Å². The van der Waals surface area contributed by atoms with Crippen LogP contribution in [0.4, 0.5) is 40.7 Å². The Morgan fingerprint density at radius 1 is 1.05 bits per heavy atom. The molecule has 3 aromatic carbocycles. The smallest absolute Gasteiger partial charge is 0.506 e. The number of pyridine rings is 1. The molecule has 0 spiro atoms. The number of anilines is 4. The summed E-state index contributed by atoms with van der Waals surface area (Å²) in [6.07, 6.45) is -3.15. The summed E-state index contributed by atoms with van der Waals surface area (Å²) in [5.41, 5.74) is 5.00. The lowest BCUT2D eigenvalue weighted by molar-refractivity contribution is -0.274. The topological polar surface area (TPSA) is 113 Å². The third-order valence-corrected chi connectivity index (χ3v) is 7.18.